The lowest BCUT2D eigenvalue weighted by Gasteiger charge is -2.30. The molecule has 1 aliphatic carbocycles. The zero-order chi connectivity index (χ0) is 15.0. The molecule has 1 rings (SSSR count). The van der Waals surface area contributed by atoms with Crippen molar-refractivity contribution in [2.45, 2.75) is 52.1 Å². The second kappa shape index (κ2) is 8.88. The van der Waals surface area contributed by atoms with Gasteiger partial charge < -0.3 is 10.2 Å². The van der Waals surface area contributed by atoms with Crippen molar-refractivity contribution in [2.24, 2.45) is 11.8 Å². The van der Waals surface area contributed by atoms with E-state index in [1.165, 1.54) is 0 Å². The molecule has 0 aromatic rings. The Morgan fingerprint density at radius 1 is 1.05 bits per heavy atom. The second-order valence-electron chi connectivity index (χ2n) is 5.84. The van der Waals surface area contributed by atoms with Crippen LogP contribution in [0.5, 0.6) is 0 Å². The molecule has 0 heterocycles. The standard InChI is InChI=1S/C15H29F3N2/c1-3-20(4-2)11-5-10-19-12-13-6-8-14(9-7-13)15(16,17)18/h13-14,19H,3-12H2,1-2H3. The fraction of sp³-hybridized carbons (Fsp3) is 1.00. The number of nitrogens with one attached hydrogen (secondary N) is 1. The Bertz CT molecular complexity index is 244. The molecule has 0 radical (unpaired) electrons. The minimum Gasteiger partial charge on any atom is -0.316 e. The van der Waals surface area contributed by atoms with Crippen LogP contribution in [0, 0.1) is 11.8 Å². The summed E-state index contributed by atoms with van der Waals surface area (Å²) in [6.07, 6.45) is -0.813. The maximum atomic E-state index is 12.5. The molecular weight excluding hydrogens is 265 g/mol. The molecule has 2 nitrogen and oxygen atoms in total. The smallest absolute Gasteiger partial charge is 0.316 e. The largest absolute Gasteiger partial charge is 0.391 e. The van der Waals surface area contributed by atoms with Gasteiger partial charge in [-0.1, -0.05) is 13.8 Å². The van der Waals surface area contributed by atoms with Crippen LogP contribution in [0.2, 0.25) is 0 Å². The van der Waals surface area contributed by atoms with E-state index in [2.05, 4.69) is 24.1 Å². The van der Waals surface area contributed by atoms with Crippen LogP contribution in [0.3, 0.4) is 0 Å². The van der Waals surface area contributed by atoms with E-state index in [4.69, 9.17) is 0 Å². The van der Waals surface area contributed by atoms with Gasteiger partial charge >= 0.3 is 6.18 Å². The lowest BCUT2D eigenvalue weighted by Crippen LogP contribution is -2.33. The monoisotopic (exact) mass is 294 g/mol. The van der Waals surface area contributed by atoms with Gasteiger partial charge in [0, 0.05) is 0 Å². The normalized spacial score (nSPS) is 24.3. The van der Waals surface area contributed by atoms with Gasteiger partial charge in [-0.15, -0.1) is 0 Å². The topological polar surface area (TPSA) is 15.3 Å². The Labute approximate surface area is 121 Å². The summed E-state index contributed by atoms with van der Waals surface area (Å²) in [5.74, 6) is -0.622. The molecule has 120 valence electrons. The van der Waals surface area contributed by atoms with Crippen LogP contribution in [0.4, 0.5) is 13.2 Å². The molecular formula is C15H29F3N2. The van der Waals surface area contributed by atoms with Gasteiger partial charge in [-0.25, -0.2) is 0 Å². The van der Waals surface area contributed by atoms with E-state index in [0.29, 0.717) is 31.6 Å². The lowest BCUT2D eigenvalue weighted by molar-refractivity contribution is -0.183. The van der Waals surface area contributed by atoms with Crippen LogP contribution in [-0.4, -0.2) is 43.8 Å². The summed E-state index contributed by atoms with van der Waals surface area (Å²) in [6.45, 7) is 9.43. The molecule has 0 bridgehead atoms. The van der Waals surface area contributed by atoms with Crippen LogP contribution < -0.4 is 5.32 Å². The quantitative estimate of drug-likeness (QED) is 0.687. The Morgan fingerprint density at radius 3 is 2.15 bits per heavy atom. The maximum Gasteiger partial charge on any atom is 0.391 e. The average Bonchev–Trinajstić information content (AvgIpc) is 2.42. The van der Waals surface area contributed by atoms with Gasteiger partial charge in [0.25, 0.3) is 0 Å². The zero-order valence-corrected chi connectivity index (χ0v) is 12.8. The molecule has 1 N–H and O–H groups in total. The molecule has 5 heteroatoms. The molecule has 20 heavy (non-hydrogen) atoms. The number of alkyl halides is 3. The van der Waals surface area contributed by atoms with E-state index in [0.717, 1.165) is 39.1 Å². The summed E-state index contributed by atoms with van der Waals surface area (Å²) in [5, 5.41) is 3.40. The number of hydrogen-bond acceptors (Lipinski definition) is 2. The van der Waals surface area contributed by atoms with Crippen molar-refractivity contribution in [1.29, 1.82) is 0 Å². The van der Waals surface area contributed by atoms with Crippen molar-refractivity contribution in [3.05, 3.63) is 0 Å². The SMILES string of the molecule is CCN(CC)CCCNCC1CCC(C(F)(F)F)CC1. The number of halogens is 3. The number of hydrogen-bond donors (Lipinski definition) is 1. The summed E-state index contributed by atoms with van der Waals surface area (Å²) in [4.78, 5) is 2.39. The molecule has 1 fully saturated rings. The van der Waals surface area contributed by atoms with Gasteiger partial charge in [0.05, 0.1) is 5.92 Å². The van der Waals surface area contributed by atoms with E-state index in [1.807, 2.05) is 0 Å². The lowest BCUT2D eigenvalue weighted by atomic mass is 9.81. The Kier molecular flexibility index (Phi) is 7.88. The molecule has 0 aromatic heterocycles. The molecule has 0 amide bonds. The summed E-state index contributed by atoms with van der Waals surface area (Å²) < 4.78 is 37.6. The fourth-order valence-corrected chi connectivity index (χ4v) is 2.97. The molecule has 0 unspecified atom stereocenters. The molecule has 1 aliphatic rings. The third-order valence-corrected chi connectivity index (χ3v) is 4.46. The van der Waals surface area contributed by atoms with E-state index in [9.17, 15) is 13.2 Å². The summed E-state index contributed by atoms with van der Waals surface area (Å²) >= 11 is 0. The van der Waals surface area contributed by atoms with Crippen molar-refractivity contribution < 1.29 is 13.2 Å². The third-order valence-electron chi connectivity index (χ3n) is 4.46. The first-order valence-electron chi connectivity index (χ1n) is 7.97. The van der Waals surface area contributed by atoms with Crippen molar-refractivity contribution in [1.82, 2.24) is 10.2 Å². The van der Waals surface area contributed by atoms with E-state index in [1.54, 1.807) is 0 Å². The van der Waals surface area contributed by atoms with Crippen molar-refractivity contribution >= 4 is 0 Å². The summed E-state index contributed by atoms with van der Waals surface area (Å²) in [7, 11) is 0. The maximum absolute atomic E-state index is 12.5. The Hall–Kier alpha value is -0.290. The van der Waals surface area contributed by atoms with E-state index in [-0.39, 0.29) is 0 Å². The molecule has 0 aliphatic heterocycles. The second-order valence-corrected chi connectivity index (χ2v) is 5.84. The first-order chi connectivity index (χ1) is 9.47. The minimum absolute atomic E-state index is 0.315. The highest BCUT2D eigenvalue weighted by atomic mass is 19.4. The van der Waals surface area contributed by atoms with Gasteiger partial charge in [-0.3, -0.25) is 0 Å². The van der Waals surface area contributed by atoms with Crippen LogP contribution in [0.25, 0.3) is 0 Å². The van der Waals surface area contributed by atoms with E-state index < -0.39 is 12.1 Å². The Balaban J connectivity index is 2.04. The highest BCUT2D eigenvalue weighted by molar-refractivity contribution is 4.78. The van der Waals surface area contributed by atoms with E-state index >= 15 is 0 Å². The van der Waals surface area contributed by atoms with Crippen molar-refractivity contribution in [3.63, 3.8) is 0 Å². The van der Waals surface area contributed by atoms with Crippen LogP contribution in [0.1, 0.15) is 46.0 Å². The minimum atomic E-state index is -3.98. The third kappa shape index (κ3) is 6.44. The van der Waals surface area contributed by atoms with Gasteiger partial charge in [-0.05, 0) is 70.7 Å². The molecule has 0 aromatic carbocycles. The number of nitrogens with zero attached hydrogens (tertiary/aromatic N) is 1. The van der Waals surface area contributed by atoms with Gasteiger partial charge in [0.2, 0.25) is 0 Å². The first kappa shape index (κ1) is 17.8. The first-order valence-corrected chi connectivity index (χ1v) is 7.97. The predicted molar refractivity (Wildman–Crippen MR) is 76.8 cm³/mol. The Morgan fingerprint density at radius 2 is 1.65 bits per heavy atom. The average molecular weight is 294 g/mol. The van der Waals surface area contributed by atoms with Gasteiger partial charge in [0.1, 0.15) is 0 Å². The molecule has 0 atom stereocenters. The van der Waals surface area contributed by atoms with Crippen LogP contribution in [-0.2, 0) is 0 Å². The number of rotatable bonds is 8. The molecule has 1 saturated carbocycles. The highest BCUT2D eigenvalue weighted by Gasteiger charge is 2.41. The molecule has 0 spiro atoms. The predicted octanol–water partition coefficient (Wildman–Crippen LogP) is 3.68. The van der Waals surface area contributed by atoms with Gasteiger partial charge in [-0.2, -0.15) is 13.2 Å². The van der Waals surface area contributed by atoms with Crippen LogP contribution >= 0.6 is 0 Å². The molecule has 0 saturated heterocycles. The van der Waals surface area contributed by atoms with Crippen molar-refractivity contribution in [3.8, 4) is 0 Å². The summed E-state index contributed by atoms with van der Waals surface area (Å²) in [6, 6.07) is 0. The fourth-order valence-electron chi connectivity index (χ4n) is 2.97. The van der Waals surface area contributed by atoms with Crippen LogP contribution in [0.15, 0.2) is 0 Å². The summed E-state index contributed by atoms with van der Waals surface area (Å²) in [5.41, 5.74) is 0. The zero-order valence-electron chi connectivity index (χ0n) is 12.8. The highest BCUT2D eigenvalue weighted by Crippen LogP contribution is 2.39. The van der Waals surface area contributed by atoms with Crippen molar-refractivity contribution in [2.75, 3.05) is 32.7 Å². The van der Waals surface area contributed by atoms with Gasteiger partial charge in [0.15, 0.2) is 0 Å².